The van der Waals surface area contributed by atoms with Crippen molar-refractivity contribution in [3.63, 3.8) is 0 Å². The first kappa shape index (κ1) is 19.8. The van der Waals surface area contributed by atoms with E-state index in [4.69, 9.17) is 4.74 Å². The Balaban J connectivity index is 1.70. The van der Waals surface area contributed by atoms with Crippen molar-refractivity contribution in [3.05, 3.63) is 48.8 Å². The lowest BCUT2D eigenvalue weighted by atomic mass is 10.3. The summed E-state index contributed by atoms with van der Waals surface area (Å²) >= 11 is 0. The van der Waals surface area contributed by atoms with Gasteiger partial charge in [0.15, 0.2) is 0 Å². The molecule has 0 spiro atoms. The fourth-order valence-corrected chi connectivity index (χ4v) is 3.66. The predicted molar refractivity (Wildman–Crippen MR) is 107 cm³/mol. The number of amides is 1. The van der Waals surface area contributed by atoms with Crippen molar-refractivity contribution in [2.24, 2.45) is 0 Å². The summed E-state index contributed by atoms with van der Waals surface area (Å²) in [7, 11) is 1.02. The van der Waals surface area contributed by atoms with Crippen molar-refractivity contribution in [1.29, 1.82) is 0 Å². The van der Waals surface area contributed by atoms with Crippen LogP contribution in [0, 0.1) is 0 Å². The van der Waals surface area contributed by atoms with Crippen LogP contribution in [0.25, 0.3) is 11.0 Å². The molecule has 0 unspecified atom stereocenters. The van der Waals surface area contributed by atoms with E-state index in [9.17, 15) is 13.2 Å². The maximum Gasteiger partial charge on any atom is 0.242 e. The van der Waals surface area contributed by atoms with E-state index in [-0.39, 0.29) is 17.2 Å². The highest BCUT2D eigenvalue weighted by atomic mass is 32.2. The fourth-order valence-electron chi connectivity index (χ4n) is 2.74. The second-order valence-corrected chi connectivity index (χ2v) is 8.56. The summed E-state index contributed by atoms with van der Waals surface area (Å²) < 4.78 is 32.6. The Kier molecular flexibility index (Phi) is 5.66. The zero-order valence-corrected chi connectivity index (χ0v) is 16.7. The first-order chi connectivity index (χ1) is 13.3. The van der Waals surface area contributed by atoms with Crippen LogP contribution in [0.2, 0.25) is 0 Å². The topological polar surface area (TPSA) is 93.5 Å². The minimum absolute atomic E-state index is 0.137. The Labute approximate surface area is 163 Å². The Bertz CT molecular complexity index is 1110. The van der Waals surface area contributed by atoms with Gasteiger partial charge in [-0.25, -0.2) is 17.7 Å². The summed E-state index contributed by atoms with van der Waals surface area (Å²) in [5.41, 5.74) is 2.00. The molecule has 0 fully saturated rings. The zero-order chi connectivity index (χ0) is 20.3. The van der Waals surface area contributed by atoms with Gasteiger partial charge in [-0.3, -0.25) is 4.79 Å². The van der Waals surface area contributed by atoms with Gasteiger partial charge in [-0.15, -0.1) is 0 Å². The summed E-state index contributed by atoms with van der Waals surface area (Å²) in [4.78, 5) is 16.7. The van der Waals surface area contributed by atoms with Crippen LogP contribution >= 0.6 is 0 Å². The number of rotatable bonds is 7. The van der Waals surface area contributed by atoms with E-state index in [1.54, 1.807) is 49.8 Å². The number of sulfonamides is 1. The lowest BCUT2D eigenvalue weighted by molar-refractivity contribution is -0.116. The van der Waals surface area contributed by atoms with Gasteiger partial charge in [0, 0.05) is 38.8 Å². The molecular formula is C19H22N4O4S. The van der Waals surface area contributed by atoms with E-state index in [0.29, 0.717) is 23.5 Å². The number of hydrogen-bond donors (Lipinski definition) is 1. The maximum absolute atomic E-state index is 12.2. The Morgan fingerprint density at radius 1 is 1.21 bits per heavy atom. The average molecular weight is 402 g/mol. The lowest BCUT2D eigenvalue weighted by Crippen LogP contribution is -2.22. The number of hydrogen-bond acceptors (Lipinski definition) is 5. The van der Waals surface area contributed by atoms with Crippen LogP contribution in [-0.2, 0) is 21.4 Å². The van der Waals surface area contributed by atoms with Crippen molar-refractivity contribution < 1.29 is 17.9 Å². The standard InChI is InChI=1S/C19H22N4O4S/c1-22(2)28(25,26)16-7-8-18-17(12-16)20-13-23(18)10-9-19(24)21-14-5-4-6-15(11-14)27-3/h4-8,11-13H,9-10H2,1-3H3,(H,21,24). The van der Waals surface area contributed by atoms with Crippen LogP contribution in [0.3, 0.4) is 0 Å². The molecule has 3 aromatic rings. The number of aryl methyl sites for hydroxylation is 1. The molecule has 0 bridgehead atoms. The quantitative estimate of drug-likeness (QED) is 0.655. The number of imidazole rings is 1. The number of fused-ring (bicyclic) bond motifs is 1. The van der Waals surface area contributed by atoms with Crippen LogP contribution in [0.5, 0.6) is 5.75 Å². The lowest BCUT2D eigenvalue weighted by Gasteiger charge is -2.11. The third-order valence-corrected chi connectivity index (χ3v) is 6.12. The first-order valence-corrected chi connectivity index (χ1v) is 10.1. The minimum atomic E-state index is -3.52. The summed E-state index contributed by atoms with van der Waals surface area (Å²) in [5, 5.41) is 2.83. The highest BCUT2D eigenvalue weighted by Gasteiger charge is 2.18. The molecule has 0 aliphatic rings. The summed E-state index contributed by atoms with van der Waals surface area (Å²) in [6.45, 7) is 0.423. The van der Waals surface area contributed by atoms with Gasteiger partial charge in [0.2, 0.25) is 15.9 Å². The van der Waals surface area contributed by atoms with Gasteiger partial charge in [-0.05, 0) is 30.3 Å². The van der Waals surface area contributed by atoms with Crippen molar-refractivity contribution in [2.45, 2.75) is 17.9 Å². The summed E-state index contributed by atoms with van der Waals surface area (Å²) in [5.74, 6) is 0.531. The van der Waals surface area contributed by atoms with E-state index < -0.39 is 10.0 Å². The molecule has 0 saturated heterocycles. The fraction of sp³-hybridized carbons (Fsp3) is 0.263. The van der Waals surface area contributed by atoms with E-state index >= 15 is 0 Å². The van der Waals surface area contributed by atoms with Crippen molar-refractivity contribution in [2.75, 3.05) is 26.5 Å². The van der Waals surface area contributed by atoms with Gasteiger partial charge in [0.25, 0.3) is 0 Å². The summed E-state index contributed by atoms with van der Waals surface area (Å²) in [6, 6.07) is 11.9. The molecule has 1 heterocycles. The second-order valence-electron chi connectivity index (χ2n) is 6.41. The Morgan fingerprint density at radius 2 is 2.00 bits per heavy atom. The van der Waals surface area contributed by atoms with Crippen LogP contribution in [0.15, 0.2) is 53.7 Å². The largest absolute Gasteiger partial charge is 0.497 e. The highest BCUT2D eigenvalue weighted by molar-refractivity contribution is 7.89. The van der Waals surface area contributed by atoms with Crippen LogP contribution in [0.1, 0.15) is 6.42 Å². The Morgan fingerprint density at radius 3 is 2.71 bits per heavy atom. The van der Waals surface area contributed by atoms with Gasteiger partial charge in [0.05, 0.1) is 29.4 Å². The molecule has 8 nitrogen and oxygen atoms in total. The van der Waals surface area contributed by atoms with Gasteiger partial charge < -0.3 is 14.6 Å². The maximum atomic E-state index is 12.2. The number of aromatic nitrogens is 2. The molecule has 0 aliphatic heterocycles. The van der Waals surface area contributed by atoms with Crippen LogP contribution in [0.4, 0.5) is 5.69 Å². The average Bonchev–Trinajstić information content (AvgIpc) is 3.08. The second kappa shape index (κ2) is 7.99. The van der Waals surface area contributed by atoms with E-state index in [1.807, 2.05) is 4.57 Å². The molecule has 148 valence electrons. The molecule has 1 amide bonds. The molecular weight excluding hydrogens is 380 g/mol. The van der Waals surface area contributed by atoms with Gasteiger partial charge in [0.1, 0.15) is 5.75 Å². The predicted octanol–water partition coefficient (Wildman–Crippen LogP) is 2.32. The highest BCUT2D eigenvalue weighted by Crippen LogP contribution is 2.21. The number of methoxy groups -OCH3 is 1. The molecule has 2 aromatic carbocycles. The zero-order valence-electron chi connectivity index (χ0n) is 15.9. The molecule has 0 atom stereocenters. The van der Waals surface area contributed by atoms with Crippen molar-refractivity contribution in [1.82, 2.24) is 13.9 Å². The normalized spacial score (nSPS) is 11.7. The molecule has 1 N–H and O–H groups in total. The third-order valence-electron chi connectivity index (χ3n) is 4.30. The van der Waals surface area contributed by atoms with Crippen molar-refractivity contribution in [3.8, 4) is 5.75 Å². The van der Waals surface area contributed by atoms with Gasteiger partial charge in [-0.2, -0.15) is 0 Å². The molecule has 0 aliphatic carbocycles. The molecule has 9 heteroatoms. The van der Waals surface area contributed by atoms with E-state index in [2.05, 4.69) is 10.3 Å². The molecule has 1 aromatic heterocycles. The van der Waals surface area contributed by atoms with Crippen molar-refractivity contribution >= 4 is 32.7 Å². The number of nitrogens with one attached hydrogen (secondary N) is 1. The Hall–Kier alpha value is -2.91. The molecule has 28 heavy (non-hydrogen) atoms. The number of ether oxygens (including phenoxy) is 1. The molecule has 3 rings (SSSR count). The SMILES string of the molecule is COc1cccc(NC(=O)CCn2cnc3cc(S(=O)(=O)N(C)C)ccc32)c1. The number of carbonyl (C=O) groups is 1. The van der Waals surface area contributed by atoms with Crippen LogP contribution < -0.4 is 10.1 Å². The number of benzene rings is 2. The molecule has 0 radical (unpaired) electrons. The van der Waals surface area contributed by atoms with Gasteiger partial charge >= 0.3 is 0 Å². The number of anilines is 1. The first-order valence-electron chi connectivity index (χ1n) is 8.62. The third kappa shape index (κ3) is 4.15. The smallest absolute Gasteiger partial charge is 0.242 e. The van der Waals surface area contributed by atoms with E-state index in [1.165, 1.54) is 20.2 Å². The monoisotopic (exact) mass is 402 g/mol. The van der Waals surface area contributed by atoms with Gasteiger partial charge in [-0.1, -0.05) is 6.07 Å². The minimum Gasteiger partial charge on any atom is -0.497 e. The number of nitrogens with zero attached hydrogens (tertiary/aromatic N) is 3. The van der Waals surface area contributed by atoms with E-state index in [0.717, 1.165) is 9.82 Å². The summed E-state index contributed by atoms with van der Waals surface area (Å²) in [6.07, 6.45) is 1.86. The van der Waals surface area contributed by atoms with Crippen LogP contribution in [-0.4, -0.2) is 49.4 Å². The molecule has 0 saturated carbocycles. The number of carbonyl (C=O) groups excluding carboxylic acids is 1.